The number of unbranched alkanes of at least 4 members (excludes halogenated alkanes) is 60. The molecule has 0 spiro atoms. The van der Waals surface area contributed by atoms with Crippen molar-refractivity contribution in [1.29, 1.82) is 0 Å². The molecule has 0 rings (SSSR count). The van der Waals surface area contributed by atoms with E-state index in [1.54, 1.807) is 0 Å². The van der Waals surface area contributed by atoms with Crippen molar-refractivity contribution in [3.63, 3.8) is 0 Å². The maximum atomic E-state index is 6.30. The SMILES string of the molecule is CCCCCCCCCCCCCCCCCCCCCCCOP(OCCCCCCCCCCCCCCCCCCCCCCC)OCCCCCCCCCCCCCCCCCCCCCCC. The van der Waals surface area contributed by atoms with E-state index < -0.39 is 8.60 Å². The lowest BCUT2D eigenvalue weighted by atomic mass is 10.0. The quantitative estimate of drug-likeness (QED) is 0.0449. The van der Waals surface area contributed by atoms with E-state index in [9.17, 15) is 0 Å². The smallest absolute Gasteiger partial charge is 0.312 e. The fourth-order valence-corrected chi connectivity index (χ4v) is 12.2. The first kappa shape index (κ1) is 73.3. The third-order valence-electron chi connectivity index (χ3n) is 16.3. The van der Waals surface area contributed by atoms with Crippen LogP contribution in [0.4, 0.5) is 0 Å². The minimum absolute atomic E-state index is 0.795. The lowest BCUT2D eigenvalue weighted by Crippen LogP contribution is -2.00. The van der Waals surface area contributed by atoms with Gasteiger partial charge in [0.1, 0.15) is 0 Å². The highest BCUT2D eigenvalue weighted by Crippen LogP contribution is 2.40. The average molecular weight is 1050 g/mol. The molecular formula is C69H141O3P. The van der Waals surface area contributed by atoms with Crippen LogP contribution >= 0.6 is 8.60 Å². The van der Waals surface area contributed by atoms with E-state index in [1.807, 2.05) is 0 Å². The summed E-state index contributed by atoms with van der Waals surface area (Å²) in [5.74, 6) is 0. The van der Waals surface area contributed by atoms with Crippen molar-refractivity contribution in [2.45, 2.75) is 425 Å². The fraction of sp³-hybridized carbons (Fsp3) is 1.00. The standard InChI is InChI=1S/C69H141O3P/c1-4-7-10-13-16-19-22-25-28-31-34-37-40-43-46-49-52-55-58-61-64-67-70-73(71-68-65-62-59-56-53-50-47-44-41-38-35-32-29-26-23-20-17-14-11-8-5-2)72-69-66-63-60-57-54-51-48-45-42-39-36-33-30-27-24-21-18-15-12-9-6-3/h4-69H2,1-3H3. The number of hydrogen-bond donors (Lipinski definition) is 0. The minimum atomic E-state index is -1.20. The van der Waals surface area contributed by atoms with Gasteiger partial charge in [-0.3, -0.25) is 0 Å². The second kappa shape index (κ2) is 70.3. The third kappa shape index (κ3) is 68.4. The summed E-state index contributed by atoms with van der Waals surface area (Å²) in [6.45, 7) is 9.32. The molecule has 73 heavy (non-hydrogen) atoms. The fourth-order valence-electron chi connectivity index (χ4n) is 11.1. The highest BCUT2D eigenvalue weighted by atomic mass is 31.2. The molecule has 0 N–H and O–H groups in total. The van der Waals surface area contributed by atoms with Crippen LogP contribution in [0.2, 0.25) is 0 Å². The molecule has 0 amide bonds. The first-order valence-electron chi connectivity index (χ1n) is 35.0. The molecule has 0 fully saturated rings. The molecule has 3 nitrogen and oxygen atoms in total. The third-order valence-corrected chi connectivity index (χ3v) is 17.5. The average Bonchev–Trinajstić information content (AvgIpc) is 3.40. The Bertz CT molecular complexity index is 800. The molecule has 0 unspecified atom stereocenters. The monoisotopic (exact) mass is 1050 g/mol. The predicted octanol–water partition coefficient (Wildman–Crippen LogP) is 26.9. The first-order chi connectivity index (χ1) is 36.3. The van der Waals surface area contributed by atoms with Crippen molar-refractivity contribution < 1.29 is 13.6 Å². The van der Waals surface area contributed by atoms with Crippen LogP contribution in [-0.2, 0) is 13.6 Å². The van der Waals surface area contributed by atoms with Crippen LogP contribution in [-0.4, -0.2) is 19.8 Å². The van der Waals surface area contributed by atoms with Crippen molar-refractivity contribution in [3.8, 4) is 0 Å². The summed E-state index contributed by atoms with van der Waals surface area (Å²) in [6, 6.07) is 0. The Kier molecular flexibility index (Phi) is 70.6. The van der Waals surface area contributed by atoms with E-state index in [0.717, 1.165) is 39.1 Å². The van der Waals surface area contributed by atoms with E-state index in [1.165, 1.54) is 385 Å². The first-order valence-corrected chi connectivity index (χ1v) is 36.1. The second-order valence-electron chi connectivity index (χ2n) is 23.9. The van der Waals surface area contributed by atoms with E-state index >= 15 is 0 Å². The van der Waals surface area contributed by atoms with Crippen molar-refractivity contribution in [2.24, 2.45) is 0 Å². The predicted molar refractivity (Wildman–Crippen MR) is 333 cm³/mol. The molecule has 0 bridgehead atoms. The molecule has 0 radical (unpaired) electrons. The van der Waals surface area contributed by atoms with Gasteiger partial charge in [-0.2, -0.15) is 0 Å². The van der Waals surface area contributed by atoms with E-state index in [-0.39, 0.29) is 0 Å². The lowest BCUT2D eigenvalue weighted by Gasteiger charge is -2.17. The molecule has 0 aliphatic heterocycles. The molecular weight excluding hydrogens is 908 g/mol. The Morgan fingerprint density at radius 1 is 0.137 bits per heavy atom. The number of hydrogen-bond acceptors (Lipinski definition) is 3. The van der Waals surface area contributed by atoms with Crippen LogP contribution in [0, 0.1) is 0 Å². The maximum absolute atomic E-state index is 6.30. The highest BCUT2D eigenvalue weighted by Gasteiger charge is 2.12. The van der Waals surface area contributed by atoms with Gasteiger partial charge >= 0.3 is 8.60 Å². The zero-order valence-electron chi connectivity index (χ0n) is 51.3. The van der Waals surface area contributed by atoms with Gasteiger partial charge in [0.15, 0.2) is 0 Å². The van der Waals surface area contributed by atoms with E-state index in [4.69, 9.17) is 13.6 Å². The summed E-state index contributed by atoms with van der Waals surface area (Å²) in [6.07, 6.45) is 89.6. The minimum Gasteiger partial charge on any atom is -0.312 e. The van der Waals surface area contributed by atoms with Crippen molar-refractivity contribution >= 4 is 8.60 Å². The summed E-state index contributed by atoms with van der Waals surface area (Å²) in [4.78, 5) is 0. The zero-order valence-corrected chi connectivity index (χ0v) is 52.2. The molecule has 0 aliphatic rings. The van der Waals surface area contributed by atoms with Crippen LogP contribution in [0.1, 0.15) is 425 Å². The summed E-state index contributed by atoms with van der Waals surface area (Å²) in [5, 5.41) is 0. The highest BCUT2D eigenvalue weighted by molar-refractivity contribution is 7.41. The molecule has 0 aromatic rings. The molecule has 0 aliphatic carbocycles. The van der Waals surface area contributed by atoms with E-state index in [0.29, 0.717) is 0 Å². The van der Waals surface area contributed by atoms with Crippen molar-refractivity contribution in [1.82, 2.24) is 0 Å². The summed E-state index contributed by atoms with van der Waals surface area (Å²) in [5.41, 5.74) is 0. The molecule has 0 aromatic heterocycles. The van der Waals surface area contributed by atoms with Gasteiger partial charge in [0.25, 0.3) is 0 Å². The summed E-state index contributed by atoms with van der Waals surface area (Å²) < 4.78 is 18.9. The zero-order chi connectivity index (χ0) is 52.4. The lowest BCUT2D eigenvalue weighted by molar-refractivity contribution is 0.153. The van der Waals surface area contributed by atoms with E-state index in [2.05, 4.69) is 20.8 Å². The normalized spacial score (nSPS) is 11.8. The summed E-state index contributed by atoms with van der Waals surface area (Å²) >= 11 is 0. The molecule has 0 aromatic carbocycles. The number of rotatable bonds is 69. The van der Waals surface area contributed by atoms with Crippen LogP contribution in [0.5, 0.6) is 0 Å². The van der Waals surface area contributed by atoms with Gasteiger partial charge < -0.3 is 13.6 Å². The molecule has 4 heteroatoms. The van der Waals surface area contributed by atoms with Crippen LogP contribution in [0.15, 0.2) is 0 Å². The summed E-state index contributed by atoms with van der Waals surface area (Å²) in [7, 11) is -1.20. The molecule has 0 atom stereocenters. The largest absolute Gasteiger partial charge is 0.332 e. The van der Waals surface area contributed by atoms with Gasteiger partial charge in [-0.1, -0.05) is 406 Å². The molecule has 0 saturated carbocycles. The van der Waals surface area contributed by atoms with Crippen molar-refractivity contribution in [3.05, 3.63) is 0 Å². The van der Waals surface area contributed by atoms with Gasteiger partial charge in [-0.05, 0) is 19.3 Å². The Morgan fingerprint density at radius 2 is 0.233 bits per heavy atom. The Morgan fingerprint density at radius 3 is 0.342 bits per heavy atom. The molecule has 0 heterocycles. The van der Waals surface area contributed by atoms with Gasteiger partial charge in [-0.15, -0.1) is 0 Å². The Balaban J connectivity index is 3.98. The van der Waals surface area contributed by atoms with Crippen LogP contribution in [0.25, 0.3) is 0 Å². The van der Waals surface area contributed by atoms with Crippen LogP contribution in [0.3, 0.4) is 0 Å². The van der Waals surface area contributed by atoms with Gasteiger partial charge in [-0.25, -0.2) is 0 Å². The maximum Gasteiger partial charge on any atom is 0.332 e. The topological polar surface area (TPSA) is 27.7 Å². The Hall–Kier alpha value is 0.310. The second-order valence-corrected chi connectivity index (χ2v) is 25.2. The van der Waals surface area contributed by atoms with Crippen LogP contribution < -0.4 is 0 Å². The molecule has 0 saturated heterocycles. The molecule has 440 valence electrons. The van der Waals surface area contributed by atoms with Gasteiger partial charge in [0.2, 0.25) is 0 Å². The Labute approximate surface area is 465 Å². The van der Waals surface area contributed by atoms with Gasteiger partial charge in [0.05, 0.1) is 19.8 Å². The van der Waals surface area contributed by atoms with Gasteiger partial charge in [0, 0.05) is 0 Å². The van der Waals surface area contributed by atoms with Crippen molar-refractivity contribution in [2.75, 3.05) is 19.8 Å².